The molecule has 0 N–H and O–H groups in total. The number of carbonyl (C=O) groups excluding carboxylic acids is 1. The summed E-state index contributed by atoms with van der Waals surface area (Å²) in [6, 6.07) is 19.8. The minimum atomic E-state index is -3.65. The van der Waals surface area contributed by atoms with Gasteiger partial charge in [0.1, 0.15) is 11.9 Å². The molecule has 1 aliphatic rings. The van der Waals surface area contributed by atoms with Crippen molar-refractivity contribution >= 4 is 39.2 Å². The molecule has 0 radical (unpaired) electrons. The summed E-state index contributed by atoms with van der Waals surface area (Å²) in [7, 11) is -3.65. The molecule has 1 fully saturated rings. The highest BCUT2D eigenvalue weighted by atomic mass is 35.5. The lowest BCUT2D eigenvalue weighted by Gasteiger charge is -2.35. The van der Waals surface area contributed by atoms with Crippen molar-refractivity contribution in [3.63, 3.8) is 0 Å². The normalized spacial score (nSPS) is 14.2. The lowest BCUT2D eigenvalue weighted by molar-refractivity contribution is -0.126. The van der Waals surface area contributed by atoms with E-state index < -0.39 is 9.84 Å². The van der Waals surface area contributed by atoms with Crippen molar-refractivity contribution in [1.29, 1.82) is 5.26 Å². The third kappa shape index (κ3) is 5.70. The standard InChI is InChI=1S/C26H23ClN4O3S/c1-35(33,34)23-17-21(18-28)26(29-25(23)20-8-10-22(27)11-9-20)31-15-13-30(14-16-31)24(32)12-7-19-5-3-2-4-6-19/h2-12,17H,13-16H2,1H3/b12-7+. The molecule has 3 aromatic rings. The van der Waals surface area contributed by atoms with Gasteiger partial charge in [0.15, 0.2) is 9.84 Å². The van der Waals surface area contributed by atoms with Gasteiger partial charge >= 0.3 is 0 Å². The summed E-state index contributed by atoms with van der Waals surface area (Å²) >= 11 is 6.00. The van der Waals surface area contributed by atoms with Crippen molar-refractivity contribution in [3.05, 3.63) is 82.9 Å². The number of pyridine rings is 1. The number of nitrogens with zero attached hydrogens (tertiary/aromatic N) is 4. The molecular weight excluding hydrogens is 484 g/mol. The lowest BCUT2D eigenvalue weighted by Crippen LogP contribution is -2.48. The highest BCUT2D eigenvalue weighted by molar-refractivity contribution is 7.90. The van der Waals surface area contributed by atoms with Gasteiger partial charge in [-0.05, 0) is 29.8 Å². The van der Waals surface area contributed by atoms with Gasteiger partial charge in [0, 0.05) is 49.1 Å². The smallest absolute Gasteiger partial charge is 0.246 e. The van der Waals surface area contributed by atoms with Crippen LogP contribution in [-0.2, 0) is 14.6 Å². The van der Waals surface area contributed by atoms with Gasteiger partial charge < -0.3 is 9.80 Å². The molecule has 0 unspecified atom stereocenters. The Morgan fingerprint density at radius 3 is 2.31 bits per heavy atom. The molecule has 2 heterocycles. The Hall–Kier alpha value is -3.67. The minimum absolute atomic E-state index is 0.0139. The van der Waals surface area contributed by atoms with Crippen LogP contribution >= 0.6 is 11.6 Å². The zero-order chi connectivity index (χ0) is 25.0. The predicted molar refractivity (Wildman–Crippen MR) is 137 cm³/mol. The second kappa shape index (κ2) is 10.3. The molecule has 0 aliphatic carbocycles. The van der Waals surface area contributed by atoms with Crippen molar-refractivity contribution in [2.24, 2.45) is 0 Å². The first kappa shape index (κ1) is 24.5. The average Bonchev–Trinajstić information content (AvgIpc) is 2.87. The third-order valence-corrected chi connectivity index (χ3v) is 7.08. The topological polar surface area (TPSA) is 94.4 Å². The molecule has 1 amide bonds. The summed E-state index contributed by atoms with van der Waals surface area (Å²) < 4.78 is 25.0. The van der Waals surface area contributed by atoms with Gasteiger partial charge in [-0.3, -0.25) is 4.79 Å². The summed E-state index contributed by atoms with van der Waals surface area (Å²) in [6.07, 6.45) is 4.44. The van der Waals surface area contributed by atoms with Gasteiger partial charge in [-0.1, -0.05) is 54.1 Å². The molecule has 1 saturated heterocycles. The number of carbonyl (C=O) groups is 1. The van der Waals surface area contributed by atoms with E-state index in [0.717, 1.165) is 11.8 Å². The molecule has 0 spiro atoms. The molecule has 178 valence electrons. The number of piperazine rings is 1. The van der Waals surface area contributed by atoms with Crippen molar-refractivity contribution in [2.45, 2.75) is 4.90 Å². The van der Waals surface area contributed by atoms with Crippen molar-refractivity contribution in [1.82, 2.24) is 9.88 Å². The fourth-order valence-corrected chi connectivity index (χ4v) is 4.85. The Morgan fingerprint density at radius 1 is 1.06 bits per heavy atom. The monoisotopic (exact) mass is 506 g/mol. The molecule has 0 saturated carbocycles. The van der Waals surface area contributed by atoms with Gasteiger partial charge in [0.05, 0.1) is 16.2 Å². The fourth-order valence-electron chi connectivity index (χ4n) is 3.88. The number of rotatable bonds is 5. The summed E-state index contributed by atoms with van der Waals surface area (Å²) in [6.45, 7) is 1.83. The van der Waals surface area contributed by atoms with Crippen LogP contribution in [0.15, 0.2) is 71.6 Å². The largest absolute Gasteiger partial charge is 0.352 e. The highest BCUT2D eigenvalue weighted by Gasteiger charge is 2.26. The lowest BCUT2D eigenvalue weighted by atomic mass is 10.1. The van der Waals surface area contributed by atoms with E-state index in [1.807, 2.05) is 35.2 Å². The second-order valence-electron chi connectivity index (χ2n) is 8.15. The molecule has 7 nitrogen and oxygen atoms in total. The van der Waals surface area contributed by atoms with Crippen LogP contribution in [0.25, 0.3) is 17.3 Å². The molecule has 0 atom stereocenters. The van der Waals surface area contributed by atoms with Crippen LogP contribution in [0.3, 0.4) is 0 Å². The number of nitriles is 1. The van der Waals surface area contributed by atoms with Crippen LogP contribution in [0, 0.1) is 11.3 Å². The first-order valence-electron chi connectivity index (χ1n) is 10.9. The molecule has 1 aromatic heterocycles. The average molecular weight is 507 g/mol. The van der Waals surface area contributed by atoms with Crippen LogP contribution in [0.5, 0.6) is 0 Å². The van der Waals surface area contributed by atoms with E-state index in [9.17, 15) is 18.5 Å². The highest BCUT2D eigenvalue weighted by Crippen LogP contribution is 2.32. The number of amides is 1. The zero-order valence-corrected chi connectivity index (χ0v) is 20.6. The number of benzene rings is 2. The van der Waals surface area contributed by atoms with E-state index in [-0.39, 0.29) is 22.1 Å². The van der Waals surface area contributed by atoms with E-state index in [4.69, 9.17) is 11.6 Å². The van der Waals surface area contributed by atoms with Crippen LogP contribution < -0.4 is 4.90 Å². The van der Waals surface area contributed by atoms with E-state index in [1.165, 1.54) is 6.07 Å². The van der Waals surface area contributed by atoms with Crippen LogP contribution in [0.1, 0.15) is 11.1 Å². The summed E-state index contributed by atoms with van der Waals surface area (Å²) in [5.41, 5.74) is 1.97. The summed E-state index contributed by atoms with van der Waals surface area (Å²) in [5.74, 6) is 0.313. The van der Waals surface area contributed by atoms with Crippen molar-refractivity contribution in [2.75, 3.05) is 37.3 Å². The SMILES string of the molecule is CS(=O)(=O)c1cc(C#N)c(N2CCN(C(=O)/C=C/c3ccccc3)CC2)nc1-c1ccc(Cl)cc1. The first-order valence-corrected chi connectivity index (χ1v) is 13.2. The molecule has 2 aromatic carbocycles. The molecule has 9 heteroatoms. The zero-order valence-electron chi connectivity index (χ0n) is 19.1. The van der Waals surface area contributed by atoms with Crippen LogP contribution in [0.2, 0.25) is 5.02 Å². The number of halogens is 1. The van der Waals surface area contributed by atoms with E-state index >= 15 is 0 Å². The summed E-state index contributed by atoms with van der Waals surface area (Å²) in [4.78, 5) is 20.9. The van der Waals surface area contributed by atoms with Gasteiger partial charge in [0.25, 0.3) is 0 Å². The van der Waals surface area contributed by atoms with E-state index in [2.05, 4.69) is 11.1 Å². The first-order chi connectivity index (χ1) is 16.8. The predicted octanol–water partition coefficient (Wildman–Crippen LogP) is 4.04. The van der Waals surface area contributed by atoms with E-state index in [0.29, 0.717) is 42.6 Å². The molecule has 1 aliphatic heterocycles. The number of anilines is 1. The fraction of sp³-hybridized carbons (Fsp3) is 0.192. The minimum Gasteiger partial charge on any atom is -0.352 e. The molecular formula is C26H23ClN4O3S. The van der Waals surface area contributed by atoms with E-state index in [1.54, 1.807) is 41.3 Å². The van der Waals surface area contributed by atoms with Crippen molar-refractivity contribution < 1.29 is 13.2 Å². The van der Waals surface area contributed by atoms with Crippen LogP contribution in [-0.4, -0.2) is 56.6 Å². The number of hydrogen-bond acceptors (Lipinski definition) is 6. The Morgan fingerprint density at radius 2 is 1.71 bits per heavy atom. The Kier molecular flexibility index (Phi) is 7.20. The molecule has 35 heavy (non-hydrogen) atoms. The van der Waals surface area contributed by atoms with Crippen molar-refractivity contribution in [3.8, 4) is 17.3 Å². The number of aromatic nitrogens is 1. The number of hydrogen-bond donors (Lipinski definition) is 0. The quantitative estimate of drug-likeness (QED) is 0.485. The summed E-state index contributed by atoms with van der Waals surface area (Å²) in [5, 5.41) is 10.3. The van der Waals surface area contributed by atoms with Gasteiger partial charge in [-0.2, -0.15) is 5.26 Å². The second-order valence-corrected chi connectivity index (χ2v) is 10.6. The number of sulfone groups is 1. The Balaban J connectivity index is 1.59. The Bertz CT molecular complexity index is 1410. The van der Waals surface area contributed by atoms with Gasteiger partial charge in [-0.15, -0.1) is 0 Å². The maximum absolute atomic E-state index is 12.6. The Labute approximate surface area is 209 Å². The third-order valence-electron chi connectivity index (χ3n) is 5.71. The maximum Gasteiger partial charge on any atom is 0.246 e. The maximum atomic E-state index is 12.6. The van der Waals surface area contributed by atoms with Gasteiger partial charge in [-0.25, -0.2) is 13.4 Å². The molecule has 4 rings (SSSR count). The van der Waals surface area contributed by atoms with Gasteiger partial charge in [0.2, 0.25) is 5.91 Å². The van der Waals surface area contributed by atoms with Crippen LogP contribution in [0.4, 0.5) is 5.82 Å². The molecule has 0 bridgehead atoms.